The first-order chi connectivity index (χ1) is 11.9. The Kier molecular flexibility index (Phi) is 4.78. The molecule has 126 valence electrons. The van der Waals surface area contributed by atoms with Gasteiger partial charge >= 0.3 is 0 Å². The van der Waals surface area contributed by atoms with E-state index in [-0.39, 0.29) is 0 Å². The number of hydrazine groups is 1. The molecule has 4 rings (SSSR count). The summed E-state index contributed by atoms with van der Waals surface area (Å²) in [6.07, 6.45) is 8.90. The first-order valence-electron chi connectivity index (χ1n) is 8.83. The molecule has 1 N–H and O–H groups in total. The third-order valence-electron chi connectivity index (χ3n) is 4.95. The summed E-state index contributed by atoms with van der Waals surface area (Å²) in [5, 5.41) is 8.42. The molecule has 6 nitrogen and oxygen atoms in total. The summed E-state index contributed by atoms with van der Waals surface area (Å²) in [6.45, 7) is 4.93. The van der Waals surface area contributed by atoms with E-state index < -0.39 is 0 Å². The fourth-order valence-corrected chi connectivity index (χ4v) is 3.77. The lowest BCUT2D eigenvalue weighted by atomic mass is 9.91. The average molecular weight is 324 g/mol. The van der Waals surface area contributed by atoms with Crippen molar-refractivity contribution in [2.24, 2.45) is 0 Å². The highest BCUT2D eigenvalue weighted by Crippen LogP contribution is 2.34. The van der Waals surface area contributed by atoms with Crippen molar-refractivity contribution in [3.63, 3.8) is 0 Å². The van der Waals surface area contributed by atoms with Gasteiger partial charge in [0.2, 0.25) is 0 Å². The predicted molar refractivity (Wildman–Crippen MR) is 91.9 cm³/mol. The van der Waals surface area contributed by atoms with E-state index in [0.717, 1.165) is 51.3 Å². The molecule has 3 heterocycles. The van der Waals surface area contributed by atoms with Gasteiger partial charge in [0.25, 0.3) is 0 Å². The van der Waals surface area contributed by atoms with E-state index in [0.29, 0.717) is 6.04 Å². The summed E-state index contributed by atoms with van der Waals surface area (Å²) >= 11 is 0. The van der Waals surface area contributed by atoms with Gasteiger partial charge < -0.3 is 5.32 Å². The monoisotopic (exact) mass is 324 g/mol. The van der Waals surface area contributed by atoms with Crippen LogP contribution in [0.4, 0.5) is 0 Å². The van der Waals surface area contributed by atoms with Crippen LogP contribution in [0.15, 0.2) is 36.9 Å². The van der Waals surface area contributed by atoms with Crippen LogP contribution in [-0.4, -0.2) is 51.1 Å². The highest BCUT2D eigenvalue weighted by atomic mass is 15.6. The molecule has 1 saturated heterocycles. The molecule has 0 spiro atoms. The van der Waals surface area contributed by atoms with Gasteiger partial charge in [0.1, 0.15) is 6.33 Å². The summed E-state index contributed by atoms with van der Waals surface area (Å²) < 4.78 is 0. The minimum Gasteiger partial charge on any atom is -0.314 e. The number of piperazine rings is 1. The van der Waals surface area contributed by atoms with Crippen LogP contribution in [0.5, 0.6) is 0 Å². The van der Waals surface area contributed by atoms with E-state index in [1.807, 2.05) is 18.5 Å². The zero-order valence-corrected chi connectivity index (χ0v) is 13.9. The minimum absolute atomic E-state index is 0.336. The van der Waals surface area contributed by atoms with Gasteiger partial charge in [-0.05, 0) is 37.0 Å². The van der Waals surface area contributed by atoms with Crippen LogP contribution in [0, 0.1) is 0 Å². The smallest absolute Gasteiger partial charge is 0.115 e. The van der Waals surface area contributed by atoms with E-state index >= 15 is 0 Å². The Hall–Kier alpha value is -1.89. The molecular formula is C18H24N6. The standard InChI is InChI=1S/C18H24N6/c1-3-15-4-2-7-21-18(15)17(5-1)24(23-11-9-19-10-12-23)13-16-6-8-20-14-22-16/h2,4,6-8,14,17,19H,1,3,5,9-13H2. The maximum atomic E-state index is 4.74. The van der Waals surface area contributed by atoms with Gasteiger partial charge in [-0.15, -0.1) is 0 Å². The molecule has 1 unspecified atom stereocenters. The molecule has 1 aliphatic heterocycles. The van der Waals surface area contributed by atoms with E-state index in [1.165, 1.54) is 17.7 Å². The third kappa shape index (κ3) is 3.31. The highest BCUT2D eigenvalue weighted by molar-refractivity contribution is 5.25. The minimum atomic E-state index is 0.336. The zero-order valence-electron chi connectivity index (χ0n) is 13.9. The lowest BCUT2D eigenvalue weighted by molar-refractivity contribution is -0.0841. The number of rotatable bonds is 4. The van der Waals surface area contributed by atoms with Crippen LogP contribution in [0.25, 0.3) is 0 Å². The van der Waals surface area contributed by atoms with Crippen LogP contribution in [0.2, 0.25) is 0 Å². The van der Waals surface area contributed by atoms with Gasteiger partial charge in [-0.3, -0.25) is 4.98 Å². The largest absolute Gasteiger partial charge is 0.314 e. The summed E-state index contributed by atoms with van der Waals surface area (Å²) in [7, 11) is 0. The van der Waals surface area contributed by atoms with Crippen LogP contribution >= 0.6 is 0 Å². The number of hydrogen-bond acceptors (Lipinski definition) is 6. The molecule has 0 saturated carbocycles. The van der Waals surface area contributed by atoms with Gasteiger partial charge in [0, 0.05) is 38.6 Å². The van der Waals surface area contributed by atoms with Crippen LogP contribution < -0.4 is 5.32 Å². The maximum absolute atomic E-state index is 4.74. The fraction of sp³-hybridized carbons (Fsp3) is 0.500. The Balaban J connectivity index is 1.65. The van der Waals surface area contributed by atoms with E-state index in [2.05, 4.69) is 37.4 Å². The lowest BCUT2D eigenvalue weighted by Crippen LogP contribution is -2.53. The lowest BCUT2D eigenvalue weighted by Gasteiger charge is -2.43. The van der Waals surface area contributed by atoms with Gasteiger partial charge in [0.05, 0.1) is 24.0 Å². The zero-order chi connectivity index (χ0) is 16.2. The van der Waals surface area contributed by atoms with Gasteiger partial charge in [-0.25, -0.2) is 20.0 Å². The molecule has 0 radical (unpaired) electrons. The van der Waals surface area contributed by atoms with E-state index in [9.17, 15) is 0 Å². The Labute approximate surface area is 142 Å². The van der Waals surface area contributed by atoms with Crippen molar-refractivity contribution in [1.29, 1.82) is 0 Å². The molecule has 24 heavy (non-hydrogen) atoms. The Morgan fingerprint density at radius 3 is 2.92 bits per heavy atom. The summed E-state index contributed by atoms with van der Waals surface area (Å²) in [5.41, 5.74) is 3.71. The second-order valence-corrected chi connectivity index (χ2v) is 6.46. The van der Waals surface area contributed by atoms with Gasteiger partial charge in [0.15, 0.2) is 0 Å². The van der Waals surface area contributed by atoms with Crippen LogP contribution in [-0.2, 0) is 13.0 Å². The molecule has 1 atom stereocenters. The normalized spacial score (nSPS) is 21.6. The number of pyridine rings is 1. The molecule has 2 aromatic rings. The Morgan fingerprint density at radius 2 is 2.08 bits per heavy atom. The third-order valence-corrected chi connectivity index (χ3v) is 4.95. The summed E-state index contributed by atoms with van der Waals surface area (Å²) in [5.74, 6) is 0. The Morgan fingerprint density at radius 1 is 1.17 bits per heavy atom. The molecule has 0 bridgehead atoms. The van der Waals surface area contributed by atoms with E-state index in [1.54, 1.807) is 6.33 Å². The summed E-state index contributed by atoms with van der Waals surface area (Å²) in [4.78, 5) is 13.2. The Bertz CT molecular complexity index is 656. The second kappa shape index (κ2) is 7.34. The van der Waals surface area contributed by atoms with Gasteiger partial charge in [-0.2, -0.15) is 0 Å². The van der Waals surface area contributed by atoms with Gasteiger partial charge in [-0.1, -0.05) is 6.07 Å². The number of aryl methyl sites for hydroxylation is 1. The van der Waals surface area contributed by atoms with Crippen molar-refractivity contribution in [2.75, 3.05) is 26.2 Å². The number of nitrogens with zero attached hydrogens (tertiary/aromatic N) is 5. The molecule has 2 aliphatic rings. The molecular weight excluding hydrogens is 300 g/mol. The van der Waals surface area contributed by atoms with Crippen molar-refractivity contribution < 1.29 is 0 Å². The van der Waals surface area contributed by atoms with E-state index in [4.69, 9.17) is 4.98 Å². The highest BCUT2D eigenvalue weighted by Gasteiger charge is 2.31. The van der Waals surface area contributed by atoms with Crippen molar-refractivity contribution in [3.05, 3.63) is 53.9 Å². The average Bonchev–Trinajstić information content (AvgIpc) is 2.67. The number of fused-ring (bicyclic) bond motifs is 1. The maximum Gasteiger partial charge on any atom is 0.115 e. The number of hydrogen-bond donors (Lipinski definition) is 1. The molecule has 1 aliphatic carbocycles. The van der Waals surface area contributed by atoms with Crippen molar-refractivity contribution in [3.8, 4) is 0 Å². The topological polar surface area (TPSA) is 57.2 Å². The van der Waals surface area contributed by atoms with Crippen LogP contribution in [0.1, 0.15) is 35.8 Å². The molecule has 0 amide bonds. The SMILES string of the molecule is c1cnc2c(c1)CCCC2N(Cc1ccncn1)N1CCNCC1. The van der Waals surface area contributed by atoms with Crippen molar-refractivity contribution in [1.82, 2.24) is 30.3 Å². The molecule has 1 fully saturated rings. The fourth-order valence-electron chi connectivity index (χ4n) is 3.77. The number of aromatic nitrogens is 3. The first-order valence-corrected chi connectivity index (χ1v) is 8.83. The van der Waals surface area contributed by atoms with Crippen LogP contribution in [0.3, 0.4) is 0 Å². The first kappa shape index (κ1) is 15.6. The summed E-state index contributed by atoms with van der Waals surface area (Å²) in [6, 6.07) is 6.63. The second-order valence-electron chi connectivity index (χ2n) is 6.46. The molecule has 2 aromatic heterocycles. The van der Waals surface area contributed by atoms with Crippen molar-refractivity contribution >= 4 is 0 Å². The predicted octanol–water partition coefficient (Wildman–Crippen LogP) is 1.57. The molecule has 0 aromatic carbocycles. The molecule has 6 heteroatoms. The quantitative estimate of drug-likeness (QED) is 0.921. The van der Waals surface area contributed by atoms with Crippen molar-refractivity contribution in [2.45, 2.75) is 31.8 Å². The number of nitrogens with one attached hydrogen (secondary N) is 1.